The lowest BCUT2D eigenvalue weighted by Crippen LogP contribution is -2.14. The predicted molar refractivity (Wildman–Crippen MR) is 82.1 cm³/mol. The van der Waals surface area contributed by atoms with Crippen LogP contribution in [0.5, 0.6) is 0 Å². The highest BCUT2D eigenvalue weighted by atomic mass is 16.1. The number of aryl methyl sites for hydroxylation is 1. The van der Waals surface area contributed by atoms with Gasteiger partial charge in [0.2, 0.25) is 0 Å². The summed E-state index contributed by atoms with van der Waals surface area (Å²) in [5, 5.41) is 6.09. The Hall–Kier alpha value is -2.36. The topological polar surface area (TPSA) is 54.0 Å². The van der Waals surface area contributed by atoms with Crippen LogP contribution in [0.25, 0.3) is 0 Å². The van der Waals surface area contributed by atoms with E-state index in [2.05, 4.69) is 22.5 Å². The van der Waals surface area contributed by atoms with Crippen LogP contribution in [0.2, 0.25) is 0 Å². The van der Waals surface area contributed by atoms with E-state index < -0.39 is 0 Å². The zero-order valence-electron chi connectivity index (χ0n) is 11.8. The summed E-state index contributed by atoms with van der Waals surface area (Å²) in [6.45, 7) is 4.96. The number of nitrogens with zero attached hydrogens (tertiary/aromatic N) is 1. The number of rotatable bonds is 5. The van der Waals surface area contributed by atoms with Crippen LogP contribution in [-0.4, -0.2) is 17.4 Å². The van der Waals surface area contributed by atoms with E-state index in [4.69, 9.17) is 0 Å². The molecule has 4 heteroatoms. The number of para-hydroxylation sites is 1. The molecule has 1 heterocycles. The average molecular weight is 269 g/mol. The second-order valence-corrected chi connectivity index (χ2v) is 4.63. The Morgan fingerprint density at radius 2 is 2.00 bits per heavy atom. The molecule has 1 aromatic heterocycles. The van der Waals surface area contributed by atoms with E-state index in [1.807, 2.05) is 37.3 Å². The zero-order chi connectivity index (χ0) is 14.4. The fourth-order valence-electron chi connectivity index (χ4n) is 1.80. The minimum atomic E-state index is -0.193. The molecule has 4 nitrogen and oxygen atoms in total. The van der Waals surface area contributed by atoms with Crippen LogP contribution < -0.4 is 10.6 Å². The SMILES string of the molecule is CCCNc1ccc(C(=O)Nc2ccccc2C)nc1. The van der Waals surface area contributed by atoms with Crippen molar-refractivity contribution in [3.05, 3.63) is 53.9 Å². The molecule has 0 saturated carbocycles. The van der Waals surface area contributed by atoms with E-state index in [9.17, 15) is 4.79 Å². The van der Waals surface area contributed by atoms with Crippen LogP contribution in [-0.2, 0) is 0 Å². The van der Waals surface area contributed by atoms with E-state index in [1.54, 1.807) is 12.3 Å². The van der Waals surface area contributed by atoms with E-state index in [0.717, 1.165) is 29.9 Å². The van der Waals surface area contributed by atoms with Gasteiger partial charge in [0.05, 0.1) is 11.9 Å². The van der Waals surface area contributed by atoms with Crippen molar-refractivity contribution < 1.29 is 4.79 Å². The summed E-state index contributed by atoms with van der Waals surface area (Å²) < 4.78 is 0. The van der Waals surface area contributed by atoms with E-state index >= 15 is 0 Å². The van der Waals surface area contributed by atoms with Gasteiger partial charge < -0.3 is 10.6 Å². The summed E-state index contributed by atoms with van der Waals surface area (Å²) in [6, 6.07) is 11.3. The molecule has 0 aliphatic heterocycles. The fourth-order valence-corrected chi connectivity index (χ4v) is 1.80. The van der Waals surface area contributed by atoms with Gasteiger partial charge in [0, 0.05) is 12.2 Å². The van der Waals surface area contributed by atoms with Crippen LogP contribution in [0.1, 0.15) is 29.4 Å². The lowest BCUT2D eigenvalue weighted by Gasteiger charge is -2.08. The largest absolute Gasteiger partial charge is 0.384 e. The predicted octanol–water partition coefficient (Wildman–Crippen LogP) is 3.46. The molecule has 2 aromatic rings. The van der Waals surface area contributed by atoms with E-state index in [0.29, 0.717) is 5.69 Å². The number of benzene rings is 1. The molecular weight excluding hydrogens is 250 g/mol. The van der Waals surface area contributed by atoms with Crippen LogP contribution in [0.15, 0.2) is 42.6 Å². The van der Waals surface area contributed by atoms with Crippen molar-refractivity contribution in [3.8, 4) is 0 Å². The Labute approximate surface area is 119 Å². The summed E-state index contributed by atoms with van der Waals surface area (Å²) in [5.74, 6) is -0.193. The molecule has 0 bridgehead atoms. The summed E-state index contributed by atoms with van der Waals surface area (Å²) in [4.78, 5) is 16.3. The van der Waals surface area contributed by atoms with Gasteiger partial charge in [0.15, 0.2) is 0 Å². The molecule has 104 valence electrons. The highest BCUT2D eigenvalue weighted by Crippen LogP contribution is 2.14. The summed E-state index contributed by atoms with van der Waals surface area (Å²) in [7, 11) is 0. The molecule has 2 N–H and O–H groups in total. The summed E-state index contributed by atoms with van der Waals surface area (Å²) >= 11 is 0. The Morgan fingerprint density at radius 1 is 1.20 bits per heavy atom. The minimum Gasteiger partial charge on any atom is -0.384 e. The number of carbonyl (C=O) groups is 1. The van der Waals surface area contributed by atoms with Gasteiger partial charge in [-0.1, -0.05) is 25.1 Å². The lowest BCUT2D eigenvalue weighted by atomic mass is 10.2. The molecule has 2 rings (SSSR count). The van der Waals surface area contributed by atoms with Gasteiger partial charge in [0.25, 0.3) is 5.91 Å². The second kappa shape index (κ2) is 6.70. The first-order chi connectivity index (χ1) is 9.70. The molecule has 0 radical (unpaired) electrons. The number of aromatic nitrogens is 1. The first-order valence-corrected chi connectivity index (χ1v) is 6.77. The van der Waals surface area contributed by atoms with Gasteiger partial charge in [-0.2, -0.15) is 0 Å². The van der Waals surface area contributed by atoms with Crippen LogP contribution >= 0.6 is 0 Å². The van der Waals surface area contributed by atoms with Crippen molar-refractivity contribution in [2.45, 2.75) is 20.3 Å². The first-order valence-electron chi connectivity index (χ1n) is 6.77. The van der Waals surface area contributed by atoms with Crippen LogP contribution in [0, 0.1) is 6.92 Å². The van der Waals surface area contributed by atoms with Crippen LogP contribution in [0.3, 0.4) is 0 Å². The highest BCUT2D eigenvalue weighted by molar-refractivity contribution is 6.03. The normalized spacial score (nSPS) is 10.1. The third kappa shape index (κ3) is 3.57. The fraction of sp³-hybridized carbons (Fsp3) is 0.250. The molecule has 0 fully saturated rings. The number of amides is 1. The highest BCUT2D eigenvalue weighted by Gasteiger charge is 2.08. The zero-order valence-corrected chi connectivity index (χ0v) is 11.8. The molecule has 1 amide bonds. The van der Waals surface area contributed by atoms with Crippen molar-refractivity contribution in [1.29, 1.82) is 0 Å². The summed E-state index contributed by atoms with van der Waals surface area (Å²) in [5.41, 5.74) is 3.18. The Balaban J connectivity index is 2.04. The third-order valence-corrected chi connectivity index (χ3v) is 2.97. The monoisotopic (exact) mass is 269 g/mol. The van der Waals surface area contributed by atoms with Crippen LogP contribution in [0.4, 0.5) is 11.4 Å². The van der Waals surface area contributed by atoms with Gasteiger partial charge >= 0.3 is 0 Å². The maximum atomic E-state index is 12.1. The maximum Gasteiger partial charge on any atom is 0.274 e. The van der Waals surface area contributed by atoms with Gasteiger partial charge in [-0.05, 0) is 37.1 Å². The van der Waals surface area contributed by atoms with Gasteiger partial charge in [-0.3, -0.25) is 4.79 Å². The quantitative estimate of drug-likeness (QED) is 0.874. The van der Waals surface area contributed by atoms with Crippen molar-refractivity contribution in [2.75, 3.05) is 17.2 Å². The van der Waals surface area contributed by atoms with Gasteiger partial charge in [-0.15, -0.1) is 0 Å². The second-order valence-electron chi connectivity index (χ2n) is 4.63. The number of carbonyl (C=O) groups excluding carboxylic acids is 1. The standard InChI is InChI=1S/C16H19N3O/c1-3-10-17-13-8-9-15(18-11-13)16(20)19-14-7-5-4-6-12(14)2/h4-9,11,17H,3,10H2,1-2H3,(H,19,20). The smallest absolute Gasteiger partial charge is 0.274 e. The summed E-state index contributed by atoms with van der Waals surface area (Å²) in [6.07, 6.45) is 2.73. The van der Waals surface area contributed by atoms with E-state index in [1.165, 1.54) is 0 Å². The molecule has 0 aliphatic carbocycles. The maximum absolute atomic E-state index is 12.1. The van der Waals surface area contributed by atoms with E-state index in [-0.39, 0.29) is 5.91 Å². The number of pyridine rings is 1. The molecular formula is C16H19N3O. The third-order valence-electron chi connectivity index (χ3n) is 2.97. The molecule has 0 atom stereocenters. The molecule has 20 heavy (non-hydrogen) atoms. The Kier molecular flexibility index (Phi) is 4.71. The Bertz CT molecular complexity index is 579. The number of anilines is 2. The first kappa shape index (κ1) is 14.1. The molecule has 0 unspecified atom stereocenters. The van der Waals surface area contributed by atoms with Crippen molar-refractivity contribution in [2.24, 2.45) is 0 Å². The van der Waals surface area contributed by atoms with Crippen molar-refractivity contribution >= 4 is 17.3 Å². The number of hydrogen-bond acceptors (Lipinski definition) is 3. The number of hydrogen-bond donors (Lipinski definition) is 2. The van der Waals surface area contributed by atoms with Crippen molar-refractivity contribution in [3.63, 3.8) is 0 Å². The average Bonchev–Trinajstić information content (AvgIpc) is 2.48. The minimum absolute atomic E-state index is 0.193. The van der Waals surface area contributed by atoms with Gasteiger partial charge in [0.1, 0.15) is 5.69 Å². The number of nitrogens with one attached hydrogen (secondary N) is 2. The molecule has 0 saturated heterocycles. The molecule has 1 aromatic carbocycles. The molecule has 0 spiro atoms. The Morgan fingerprint density at radius 3 is 2.65 bits per heavy atom. The van der Waals surface area contributed by atoms with Gasteiger partial charge in [-0.25, -0.2) is 4.98 Å². The molecule has 0 aliphatic rings. The lowest BCUT2D eigenvalue weighted by molar-refractivity contribution is 0.102. The van der Waals surface area contributed by atoms with Crippen molar-refractivity contribution in [1.82, 2.24) is 4.98 Å².